The van der Waals surface area contributed by atoms with E-state index in [0.29, 0.717) is 17.1 Å². The molecule has 1 saturated heterocycles. The molecule has 34 heavy (non-hydrogen) atoms. The van der Waals surface area contributed by atoms with Crippen LogP contribution in [-0.4, -0.2) is 71.6 Å². The Morgan fingerprint density at radius 3 is 2.56 bits per heavy atom. The third-order valence-electron chi connectivity index (χ3n) is 5.76. The molecule has 0 spiro atoms. The van der Waals surface area contributed by atoms with Crippen LogP contribution < -0.4 is 24.4 Å². The van der Waals surface area contributed by atoms with Crippen LogP contribution in [0.3, 0.4) is 0 Å². The van der Waals surface area contributed by atoms with Gasteiger partial charge in [0, 0.05) is 11.6 Å². The van der Waals surface area contributed by atoms with Gasteiger partial charge in [0.2, 0.25) is 24.3 Å². The van der Waals surface area contributed by atoms with E-state index in [0.717, 1.165) is 0 Å². The lowest BCUT2D eigenvalue weighted by molar-refractivity contribution is -0.277. The molecule has 180 valence electrons. The standard InChI is InChI=1S/C23H22O11/c1-29-22-17(25)12-4-3-11(32-23-20(28)19(27)18(26)16(8-24)34-23)7-14(12)33-21(22)10-2-5-13-15(6-10)31-9-30-13/h2-7,16,18-20,23-24,26-28H,8-9H2,1H3/t16-,18-,19+,20-,23-/m1/s1. The molecule has 2 aliphatic rings. The maximum atomic E-state index is 13.1. The average Bonchev–Trinajstić information content (AvgIpc) is 3.32. The minimum atomic E-state index is -1.59. The van der Waals surface area contributed by atoms with Crippen LogP contribution >= 0.6 is 0 Å². The molecule has 0 aliphatic carbocycles. The van der Waals surface area contributed by atoms with Crippen molar-refractivity contribution in [2.24, 2.45) is 0 Å². The van der Waals surface area contributed by atoms with Gasteiger partial charge in [0.25, 0.3) is 0 Å². The lowest BCUT2D eigenvalue weighted by Gasteiger charge is -2.39. The zero-order valence-corrected chi connectivity index (χ0v) is 17.9. The summed E-state index contributed by atoms with van der Waals surface area (Å²) in [6.07, 6.45) is -7.18. The van der Waals surface area contributed by atoms with E-state index >= 15 is 0 Å². The number of fused-ring (bicyclic) bond motifs is 2. The molecule has 2 aliphatic heterocycles. The summed E-state index contributed by atoms with van der Waals surface area (Å²) in [5, 5.41) is 39.7. The molecule has 11 heteroatoms. The number of ether oxygens (including phenoxy) is 5. The van der Waals surface area contributed by atoms with Crippen molar-refractivity contribution in [2.45, 2.75) is 30.7 Å². The van der Waals surface area contributed by atoms with E-state index in [9.17, 15) is 25.2 Å². The molecule has 1 fully saturated rings. The van der Waals surface area contributed by atoms with Crippen molar-refractivity contribution in [1.82, 2.24) is 0 Å². The Hall–Kier alpha value is -3.35. The summed E-state index contributed by atoms with van der Waals surface area (Å²) < 4.78 is 33.1. The summed E-state index contributed by atoms with van der Waals surface area (Å²) in [6, 6.07) is 9.42. The van der Waals surface area contributed by atoms with Gasteiger partial charge < -0.3 is 48.5 Å². The summed E-state index contributed by atoms with van der Waals surface area (Å²) in [5.41, 5.74) is 0.289. The Balaban J connectivity index is 1.52. The molecule has 11 nitrogen and oxygen atoms in total. The number of rotatable bonds is 5. The second kappa shape index (κ2) is 8.78. The molecule has 3 aromatic rings. The third kappa shape index (κ3) is 3.73. The summed E-state index contributed by atoms with van der Waals surface area (Å²) in [4.78, 5) is 13.1. The highest BCUT2D eigenvalue weighted by molar-refractivity contribution is 5.83. The smallest absolute Gasteiger partial charge is 0.235 e. The monoisotopic (exact) mass is 474 g/mol. The number of hydrogen-bond donors (Lipinski definition) is 4. The summed E-state index contributed by atoms with van der Waals surface area (Å²) in [6.45, 7) is -0.494. The maximum absolute atomic E-state index is 13.1. The molecule has 0 saturated carbocycles. The molecule has 4 N–H and O–H groups in total. The molecule has 0 bridgehead atoms. The first-order valence-electron chi connectivity index (χ1n) is 10.4. The molecule has 3 heterocycles. The fraction of sp³-hybridized carbons (Fsp3) is 0.348. The van der Waals surface area contributed by atoms with Crippen LogP contribution in [-0.2, 0) is 4.74 Å². The van der Waals surface area contributed by atoms with Crippen LogP contribution in [0.25, 0.3) is 22.3 Å². The largest absolute Gasteiger partial charge is 0.490 e. The van der Waals surface area contributed by atoms with Crippen molar-refractivity contribution in [3.8, 4) is 34.3 Å². The van der Waals surface area contributed by atoms with Gasteiger partial charge in [-0.05, 0) is 30.3 Å². The van der Waals surface area contributed by atoms with Gasteiger partial charge in [0.05, 0.1) is 19.1 Å². The van der Waals surface area contributed by atoms with Crippen molar-refractivity contribution in [1.29, 1.82) is 0 Å². The first-order valence-corrected chi connectivity index (χ1v) is 10.4. The van der Waals surface area contributed by atoms with Crippen LogP contribution in [0.2, 0.25) is 0 Å². The highest BCUT2D eigenvalue weighted by atomic mass is 16.7. The second-order valence-corrected chi connectivity index (χ2v) is 7.83. The zero-order valence-electron chi connectivity index (χ0n) is 17.9. The maximum Gasteiger partial charge on any atom is 0.235 e. The molecule has 2 aromatic carbocycles. The van der Waals surface area contributed by atoms with Gasteiger partial charge in [-0.2, -0.15) is 0 Å². The van der Waals surface area contributed by atoms with Crippen LogP contribution in [0.5, 0.6) is 23.0 Å². The molecule has 0 amide bonds. The van der Waals surface area contributed by atoms with Crippen molar-refractivity contribution >= 4 is 11.0 Å². The molecule has 0 unspecified atom stereocenters. The van der Waals surface area contributed by atoms with E-state index in [1.807, 2.05) is 0 Å². The SMILES string of the molecule is COc1c(-c2ccc3c(c2)OCO3)oc2cc(O[C@@H]3O[C@H](CO)[C@@H](O)[C@H](O)[C@H]3O)ccc2c1=O. The van der Waals surface area contributed by atoms with Gasteiger partial charge in [-0.3, -0.25) is 4.79 Å². The minimum absolute atomic E-state index is 0.00830. The van der Waals surface area contributed by atoms with Gasteiger partial charge in [0.15, 0.2) is 17.3 Å². The van der Waals surface area contributed by atoms with E-state index in [4.69, 9.17) is 28.1 Å². The zero-order chi connectivity index (χ0) is 24.0. The van der Waals surface area contributed by atoms with Crippen LogP contribution in [0.4, 0.5) is 0 Å². The van der Waals surface area contributed by atoms with Crippen molar-refractivity contribution < 1.29 is 48.5 Å². The normalized spacial score (nSPS) is 26.0. The number of benzene rings is 2. The number of aliphatic hydroxyl groups is 4. The summed E-state index contributed by atoms with van der Waals surface area (Å²) in [5.74, 6) is 1.40. The highest BCUT2D eigenvalue weighted by Crippen LogP contribution is 2.39. The van der Waals surface area contributed by atoms with Crippen LogP contribution in [0, 0.1) is 0 Å². The van der Waals surface area contributed by atoms with Gasteiger partial charge in [-0.1, -0.05) is 0 Å². The van der Waals surface area contributed by atoms with E-state index < -0.39 is 42.7 Å². The lowest BCUT2D eigenvalue weighted by Crippen LogP contribution is -2.60. The quantitative estimate of drug-likeness (QED) is 0.405. The topological polar surface area (TPSA) is 157 Å². The number of hydrogen-bond acceptors (Lipinski definition) is 11. The predicted molar refractivity (Wildman–Crippen MR) is 115 cm³/mol. The van der Waals surface area contributed by atoms with Gasteiger partial charge in [0.1, 0.15) is 35.7 Å². The Morgan fingerprint density at radius 1 is 1.00 bits per heavy atom. The number of methoxy groups -OCH3 is 1. The van der Waals surface area contributed by atoms with E-state index in [2.05, 4.69) is 0 Å². The number of aliphatic hydroxyl groups excluding tert-OH is 4. The fourth-order valence-corrected chi connectivity index (χ4v) is 3.94. The van der Waals surface area contributed by atoms with Gasteiger partial charge >= 0.3 is 0 Å². The van der Waals surface area contributed by atoms with Crippen molar-refractivity contribution in [3.05, 3.63) is 46.6 Å². The molecule has 0 radical (unpaired) electrons. The predicted octanol–water partition coefficient (Wildman–Crippen LogP) is 0.376. The van der Waals surface area contributed by atoms with E-state index in [1.165, 1.54) is 25.3 Å². The minimum Gasteiger partial charge on any atom is -0.490 e. The molecule has 1 aromatic heterocycles. The van der Waals surface area contributed by atoms with Crippen molar-refractivity contribution in [2.75, 3.05) is 20.5 Å². The van der Waals surface area contributed by atoms with E-state index in [1.54, 1.807) is 18.2 Å². The molecular weight excluding hydrogens is 452 g/mol. The second-order valence-electron chi connectivity index (χ2n) is 7.83. The first-order chi connectivity index (χ1) is 16.4. The Kier molecular flexibility index (Phi) is 5.80. The highest BCUT2D eigenvalue weighted by Gasteiger charge is 2.44. The Morgan fingerprint density at radius 2 is 1.79 bits per heavy atom. The molecular formula is C23H22O11. The van der Waals surface area contributed by atoms with Crippen LogP contribution in [0.15, 0.2) is 45.6 Å². The Labute approximate surface area is 192 Å². The molecule has 5 atom stereocenters. The third-order valence-corrected chi connectivity index (χ3v) is 5.76. The van der Waals surface area contributed by atoms with Gasteiger partial charge in [-0.25, -0.2) is 0 Å². The fourth-order valence-electron chi connectivity index (χ4n) is 3.94. The van der Waals surface area contributed by atoms with Crippen molar-refractivity contribution in [3.63, 3.8) is 0 Å². The van der Waals surface area contributed by atoms with Crippen LogP contribution in [0.1, 0.15) is 0 Å². The average molecular weight is 474 g/mol. The molecule has 5 rings (SSSR count). The Bertz CT molecular complexity index is 1270. The lowest BCUT2D eigenvalue weighted by atomic mass is 9.99. The summed E-state index contributed by atoms with van der Waals surface area (Å²) in [7, 11) is 1.37. The van der Waals surface area contributed by atoms with E-state index in [-0.39, 0.29) is 35.0 Å². The summed E-state index contributed by atoms with van der Waals surface area (Å²) >= 11 is 0. The first kappa shape index (κ1) is 22.4. The van der Waals surface area contributed by atoms with Gasteiger partial charge in [-0.15, -0.1) is 0 Å².